The number of amides is 1. The number of carbonyl (C=O) groups excluding carboxylic acids is 1. The second-order valence-electron chi connectivity index (χ2n) is 7.22. The number of nitrogens with zero attached hydrogens (tertiary/aromatic N) is 3. The summed E-state index contributed by atoms with van der Waals surface area (Å²) in [6.07, 6.45) is 2.43. The first kappa shape index (κ1) is 20.4. The topological polar surface area (TPSA) is 38.1 Å². The van der Waals surface area contributed by atoms with Gasteiger partial charge in [0, 0.05) is 35.9 Å². The van der Waals surface area contributed by atoms with Gasteiger partial charge in [-0.15, -0.1) is 0 Å². The Morgan fingerprint density at radius 2 is 1.83 bits per heavy atom. The summed E-state index contributed by atoms with van der Waals surface area (Å²) in [5, 5.41) is 9.56. The molecule has 0 bridgehead atoms. The highest BCUT2D eigenvalue weighted by Crippen LogP contribution is 2.25. The molecule has 0 aliphatic carbocycles. The third-order valence-electron chi connectivity index (χ3n) is 4.94. The SMILES string of the molecule is CN(Cc1cn(Cc2ccccc2Cl)nc1-c1ccccc1)C(=O)Cc1ccsc1. The van der Waals surface area contributed by atoms with Gasteiger partial charge in [-0.1, -0.05) is 60.1 Å². The van der Waals surface area contributed by atoms with Crippen LogP contribution in [0.2, 0.25) is 5.02 Å². The van der Waals surface area contributed by atoms with Crippen LogP contribution in [0.25, 0.3) is 11.3 Å². The van der Waals surface area contributed by atoms with Crippen molar-refractivity contribution in [1.82, 2.24) is 14.7 Å². The highest BCUT2D eigenvalue weighted by atomic mass is 35.5. The predicted octanol–water partition coefficient (Wildman–Crippen LogP) is 5.51. The van der Waals surface area contributed by atoms with E-state index in [2.05, 4.69) is 0 Å². The zero-order valence-electron chi connectivity index (χ0n) is 16.7. The number of aromatic nitrogens is 2. The van der Waals surface area contributed by atoms with Crippen LogP contribution in [0.1, 0.15) is 16.7 Å². The molecule has 0 saturated carbocycles. The van der Waals surface area contributed by atoms with Gasteiger partial charge in [-0.3, -0.25) is 9.48 Å². The Labute approximate surface area is 185 Å². The van der Waals surface area contributed by atoms with Crippen molar-refractivity contribution in [2.45, 2.75) is 19.5 Å². The van der Waals surface area contributed by atoms with Gasteiger partial charge in [-0.2, -0.15) is 16.4 Å². The number of rotatable bonds is 7. The normalized spacial score (nSPS) is 10.9. The van der Waals surface area contributed by atoms with Gasteiger partial charge >= 0.3 is 0 Å². The third kappa shape index (κ3) is 4.81. The number of halogens is 1. The molecule has 0 atom stereocenters. The van der Waals surface area contributed by atoms with Crippen molar-refractivity contribution in [3.05, 3.63) is 99.3 Å². The largest absolute Gasteiger partial charge is 0.341 e. The molecule has 6 heteroatoms. The molecular weight excluding hydrogens is 414 g/mol. The van der Waals surface area contributed by atoms with Gasteiger partial charge in [-0.05, 0) is 34.0 Å². The van der Waals surface area contributed by atoms with E-state index in [1.165, 1.54) is 0 Å². The Kier molecular flexibility index (Phi) is 6.31. The summed E-state index contributed by atoms with van der Waals surface area (Å²) in [5.41, 5.74) is 4.99. The molecule has 0 radical (unpaired) electrons. The van der Waals surface area contributed by atoms with Crippen molar-refractivity contribution >= 4 is 28.8 Å². The van der Waals surface area contributed by atoms with Gasteiger partial charge in [0.05, 0.1) is 18.7 Å². The molecule has 4 aromatic rings. The van der Waals surface area contributed by atoms with Gasteiger partial charge in [0.2, 0.25) is 5.91 Å². The number of likely N-dealkylation sites (N-methyl/N-ethyl adjacent to an activating group) is 1. The average molecular weight is 436 g/mol. The minimum absolute atomic E-state index is 0.0891. The molecule has 152 valence electrons. The summed E-state index contributed by atoms with van der Waals surface area (Å²) in [6.45, 7) is 1.07. The summed E-state index contributed by atoms with van der Waals surface area (Å²) in [7, 11) is 1.84. The molecule has 0 unspecified atom stereocenters. The maximum Gasteiger partial charge on any atom is 0.227 e. The molecule has 0 spiro atoms. The lowest BCUT2D eigenvalue weighted by Crippen LogP contribution is -2.27. The van der Waals surface area contributed by atoms with Crippen molar-refractivity contribution in [3.63, 3.8) is 0 Å². The summed E-state index contributed by atoms with van der Waals surface area (Å²) >= 11 is 7.95. The minimum atomic E-state index is 0.0891. The second-order valence-corrected chi connectivity index (χ2v) is 8.40. The van der Waals surface area contributed by atoms with E-state index in [1.54, 1.807) is 16.2 Å². The number of thiophene rings is 1. The molecular formula is C24H22ClN3OS. The molecule has 0 aliphatic heterocycles. The van der Waals surface area contributed by atoms with Crippen molar-refractivity contribution in [2.75, 3.05) is 7.05 Å². The van der Waals surface area contributed by atoms with E-state index in [0.29, 0.717) is 19.5 Å². The zero-order chi connectivity index (χ0) is 20.9. The fourth-order valence-corrected chi connectivity index (χ4v) is 4.21. The van der Waals surface area contributed by atoms with Crippen LogP contribution in [-0.4, -0.2) is 27.6 Å². The summed E-state index contributed by atoms with van der Waals surface area (Å²) in [4.78, 5) is 14.5. The smallest absolute Gasteiger partial charge is 0.227 e. The number of carbonyl (C=O) groups is 1. The van der Waals surface area contributed by atoms with E-state index in [9.17, 15) is 4.79 Å². The highest BCUT2D eigenvalue weighted by Gasteiger charge is 2.17. The Morgan fingerprint density at radius 1 is 1.07 bits per heavy atom. The van der Waals surface area contributed by atoms with Crippen molar-refractivity contribution in [2.24, 2.45) is 0 Å². The lowest BCUT2D eigenvalue weighted by atomic mass is 10.1. The maximum atomic E-state index is 12.7. The maximum absolute atomic E-state index is 12.7. The molecule has 2 aromatic heterocycles. The standard InChI is InChI=1S/C24H22ClN3OS/c1-27(23(29)13-18-11-12-30-17-18)14-21-16-28(15-20-9-5-6-10-22(20)25)26-24(21)19-7-3-2-4-8-19/h2-12,16-17H,13-15H2,1H3. The molecule has 2 heterocycles. The number of benzene rings is 2. The zero-order valence-corrected chi connectivity index (χ0v) is 18.2. The van der Waals surface area contributed by atoms with Gasteiger partial charge in [0.25, 0.3) is 0 Å². The molecule has 4 rings (SSSR count). The molecule has 0 aliphatic rings. The Balaban J connectivity index is 1.59. The summed E-state index contributed by atoms with van der Waals surface area (Å²) in [6, 6.07) is 19.8. The Morgan fingerprint density at radius 3 is 2.57 bits per heavy atom. The van der Waals surface area contributed by atoms with E-state index < -0.39 is 0 Å². The molecule has 0 fully saturated rings. The average Bonchev–Trinajstić information content (AvgIpc) is 3.40. The van der Waals surface area contributed by atoms with Gasteiger partial charge in [0.15, 0.2) is 0 Å². The van der Waals surface area contributed by atoms with Crippen LogP contribution in [-0.2, 0) is 24.3 Å². The van der Waals surface area contributed by atoms with Crippen molar-refractivity contribution in [1.29, 1.82) is 0 Å². The summed E-state index contributed by atoms with van der Waals surface area (Å²) in [5.74, 6) is 0.0891. The van der Waals surface area contributed by atoms with E-state index in [0.717, 1.165) is 33.0 Å². The van der Waals surface area contributed by atoms with Crippen molar-refractivity contribution < 1.29 is 4.79 Å². The van der Waals surface area contributed by atoms with E-state index >= 15 is 0 Å². The first-order chi connectivity index (χ1) is 14.6. The Hall–Kier alpha value is -2.89. The van der Waals surface area contributed by atoms with E-state index in [1.807, 2.05) is 89.4 Å². The van der Waals surface area contributed by atoms with Gasteiger partial charge in [0.1, 0.15) is 0 Å². The number of hydrogen-bond donors (Lipinski definition) is 0. The van der Waals surface area contributed by atoms with Crippen LogP contribution in [0.15, 0.2) is 77.6 Å². The molecule has 4 nitrogen and oxygen atoms in total. The predicted molar refractivity (Wildman–Crippen MR) is 123 cm³/mol. The van der Waals surface area contributed by atoms with Crippen LogP contribution >= 0.6 is 22.9 Å². The fourth-order valence-electron chi connectivity index (χ4n) is 3.35. The fraction of sp³-hybridized carbons (Fsp3) is 0.167. The van der Waals surface area contributed by atoms with E-state index in [4.69, 9.17) is 16.7 Å². The first-order valence-electron chi connectivity index (χ1n) is 9.70. The van der Waals surface area contributed by atoms with Crippen LogP contribution < -0.4 is 0 Å². The van der Waals surface area contributed by atoms with Crippen LogP contribution in [0.5, 0.6) is 0 Å². The van der Waals surface area contributed by atoms with E-state index in [-0.39, 0.29) is 5.91 Å². The third-order valence-corrected chi connectivity index (χ3v) is 6.04. The monoisotopic (exact) mass is 435 g/mol. The molecule has 0 saturated heterocycles. The first-order valence-corrected chi connectivity index (χ1v) is 11.0. The quantitative estimate of drug-likeness (QED) is 0.383. The van der Waals surface area contributed by atoms with Gasteiger partial charge in [-0.25, -0.2) is 0 Å². The minimum Gasteiger partial charge on any atom is -0.341 e. The number of hydrogen-bond acceptors (Lipinski definition) is 3. The lowest BCUT2D eigenvalue weighted by Gasteiger charge is -2.17. The molecule has 30 heavy (non-hydrogen) atoms. The summed E-state index contributed by atoms with van der Waals surface area (Å²) < 4.78 is 1.90. The van der Waals surface area contributed by atoms with Crippen LogP contribution in [0.4, 0.5) is 0 Å². The highest BCUT2D eigenvalue weighted by molar-refractivity contribution is 7.08. The molecule has 0 N–H and O–H groups in total. The molecule has 2 aromatic carbocycles. The lowest BCUT2D eigenvalue weighted by molar-refractivity contribution is -0.129. The van der Waals surface area contributed by atoms with Crippen LogP contribution in [0, 0.1) is 0 Å². The Bertz CT molecular complexity index is 1120. The van der Waals surface area contributed by atoms with Gasteiger partial charge < -0.3 is 4.90 Å². The molecule has 1 amide bonds. The second kappa shape index (κ2) is 9.28. The van der Waals surface area contributed by atoms with Crippen LogP contribution in [0.3, 0.4) is 0 Å². The van der Waals surface area contributed by atoms with Crippen molar-refractivity contribution in [3.8, 4) is 11.3 Å².